The monoisotopic (exact) mass is 803 g/mol. The highest BCUT2D eigenvalue weighted by Crippen LogP contribution is 2.40. The molecular weight excluding hydrogens is 738 g/mol. The molecule has 3 fully saturated rings. The second-order valence-electron chi connectivity index (χ2n) is 16.8. The Labute approximate surface area is 337 Å². The van der Waals surface area contributed by atoms with E-state index >= 15 is 0 Å². The van der Waals surface area contributed by atoms with Gasteiger partial charge in [0.1, 0.15) is 29.3 Å². The Hall–Kier alpha value is -3.38. The first kappa shape index (κ1) is 46.3. The van der Waals surface area contributed by atoms with Crippen LogP contribution in [0.3, 0.4) is 0 Å². The molecule has 3 N–H and O–H groups in total. The molecule has 57 heavy (non-hydrogen) atoms. The van der Waals surface area contributed by atoms with Crippen LogP contribution in [0.5, 0.6) is 0 Å². The molecule has 0 spiro atoms. The summed E-state index contributed by atoms with van der Waals surface area (Å²) < 4.78 is 32.7. The number of anilines is 1. The zero-order chi connectivity index (χ0) is 42.2. The van der Waals surface area contributed by atoms with Crippen molar-refractivity contribution in [3.63, 3.8) is 0 Å². The first-order valence-corrected chi connectivity index (χ1v) is 20.1. The standard InChI is InChI=1S/C41H65N5O11/c1-12-31-41(9,51)37-27(6)34(43-28(7)47)25(4)19-40(8,53-21-29(20-52-37)45-54-22-33(48)44-32-15-13-14-16-42-32)36(23(2)17-24(3)38(50)56-31)57-39-35(49)30(46(10)11)18-26(5)55-39/h13-16,23-27,30-31,35-37,39,49,51H,12,17-22H2,1-11H3,(H,42,44,48)/b43-34?,45-29-/t23-,24+,25?,26+,27?,30-,31-,35?,36?,37?,39-,40+,41+/m0/s1. The zero-order valence-corrected chi connectivity index (χ0v) is 35.5. The first-order valence-electron chi connectivity index (χ1n) is 20.1. The number of cyclic esters (lactones) is 1. The molecule has 4 heterocycles. The molecule has 4 rings (SSSR count). The Morgan fingerprint density at radius 3 is 2.44 bits per heavy atom. The number of nitrogens with one attached hydrogen (secondary N) is 1. The Morgan fingerprint density at radius 2 is 1.81 bits per heavy atom. The van der Waals surface area contributed by atoms with Crippen LogP contribution in [-0.4, -0.2) is 137 Å². The van der Waals surface area contributed by atoms with Crippen molar-refractivity contribution in [2.75, 3.05) is 39.2 Å². The highest BCUT2D eigenvalue weighted by atomic mass is 16.7. The summed E-state index contributed by atoms with van der Waals surface area (Å²) in [6.07, 6.45) is -2.24. The SMILES string of the molecule is CC[C@@H]1OC(=O)[C@H](C)C[C@H](C)C(O[C@@H]2O[C@H](C)C[C@H](N(C)C)C2O)[C@@]2(C)CC(C)C(=NC(C)=O)C(C)C(OC/C(=N/OCC(=O)Nc3ccccn3)CO2)[C@]1(C)O. The van der Waals surface area contributed by atoms with Crippen molar-refractivity contribution in [1.82, 2.24) is 9.88 Å². The first-order chi connectivity index (χ1) is 26.8. The maximum Gasteiger partial charge on any atom is 0.309 e. The van der Waals surface area contributed by atoms with Crippen molar-refractivity contribution >= 4 is 35.0 Å². The molecule has 320 valence electrons. The molecule has 5 unspecified atom stereocenters. The maximum absolute atomic E-state index is 13.8. The molecule has 16 nitrogen and oxygen atoms in total. The number of fused-ring (bicyclic) bond motifs is 5. The number of carbonyl (C=O) groups is 3. The van der Waals surface area contributed by atoms with Crippen molar-refractivity contribution in [3.8, 4) is 0 Å². The van der Waals surface area contributed by atoms with Gasteiger partial charge in [0.15, 0.2) is 12.9 Å². The van der Waals surface area contributed by atoms with Gasteiger partial charge in [-0.15, -0.1) is 0 Å². The number of pyridine rings is 1. The van der Waals surface area contributed by atoms with Crippen LogP contribution < -0.4 is 5.32 Å². The van der Waals surface area contributed by atoms with E-state index in [1.54, 1.807) is 38.2 Å². The number of aliphatic hydroxyl groups is 2. The van der Waals surface area contributed by atoms with E-state index in [2.05, 4.69) is 20.4 Å². The van der Waals surface area contributed by atoms with Gasteiger partial charge in [-0.3, -0.25) is 14.4 Å². The number of rotatable bonds is 8. The second kappa shape index (κ2) is 20.1. The number of ether oxygens (including phenoxy) is 5. The number of aromatic nitrogens is 1. The minimum absolute atomic E-state index is 0.160. The van der Waals surface area contributed by atoms with Gasteiger partial charge in [-0.1, -0.05) is 45.8 Å². The number of carbonyl (C=O) groups excluding carboxylic acids is 3. The third-order valence-electron chi connectivity index (χ3n) is 11.4. The number of hydrogen-bond donors (Lipinski definition) is 3. The van der Waals surface area contributed by atoms with E-state index < -0.39 is 90.0 Å². The summed E-state index contributed by atoms with van der Waals surface area (Å²) >= 11 is 0. The van der Waals surface area contributed by atoms with Gasteiger partial charge in [0.25, 0.3) is 5.91 Å². The van der Waals surface area contributed by atoms with Crippen molar-refractivity contribution in [2.24, 2.45) is 33.8 Å². The van der Waals surface area contributed by atoms with Crippen LogP contribution in [0.25, 0.3) is 0 Å². The zero-order valence-electron chi connectivity index (χ0n) is 35.5. The summed E-state index contributed by atoms with van der Waals surface area (Å²) in [6, 6.07) is 4.86. The normalized spacial score (nSPS) is 38.8. The highest BCUT2D eigenvalue weighted by Gasteiger charge is 2.51. The number of esters is 1. The Morgan fingerprint density at radius 1 is 1.09 bits per heavy atom. The van der Waals surface area contributed by atoms with Gasteiger partial charge in [0.05, 0.1) is 43.0 Å². The number of aliphatic hydroxyl groups excluding tert-OH is 1. The fourth-order valence-electron chi connectivity index (χ4n) is 8.63. The molecular formula is C41H65N5O11. The summed E-state index contributed by atoms with van der Waals surface area (Å²) in [5.41, 5.74) is -2.29. The Kier molecular flexibility index (Phi) is 16.3. The number of likely N-dealkylation sites (N-methyl/N-ethyl adjacent to an activating group) is 1. The fraction of sp³-hybridized carbons (Fsp3) is 0.756. The molecule has 16 heteroatoms. The predicted octanol–water partition coefficient (Wildman–Crippen LogP) is 3.78. The van der Waals surface area contributed by atoms with Crippen molar-refractivity contribution in [2.45, 2.75) is 142 Å². The smallest absolute Gasteiger partial charge is 0.309 e. The van der Waals surface area contributed by atoms with E-state index in [1.807, 2.05) is 60.5 Å². The molecule has 1 aromatic rings. The Balaban J connectivity index is 1.86. The quantitative estimate of drug-likeness (QED) is 0.254. The lowest BCUT2D eigenvalue weighted by Crippen LogP contribution is -2.59. The minimum Gasteiger partial charge on any atom is -0.459 e. The van der Waals surface area contributed by atoms with Crippen LogP contribution in [0.2, 0.25) is 0 Å². The van der Waals surface area contributed by atoms with Crippen molar-refractivity contribution < 1.29 is 53.1 Å². The molecule has 3 saturated heterocycles. The molecule has 0 aliphatic carbocycles. The molecule has 2 amide bonds. The lowest BCUT2D eigenvalue weighted by atomic mass is 9.74. The number of hydrogen-bond acceptors (Lipinski definition) is 14. The average Bonchev–Trinajstić information content (AvgIpc) is 3.15. The summed E-state index contributed by atoms with van der Waals surface area (Å²) in [5.74, 6) is -3.23. The highest BCUT2D eigenvalue weighted by molar-refractivity contribution is 5.98. The lowest BCUT2D eigenvalue weighted by Gasteiger charge is -2.48. The van der Waals surface area contributed by atoms with Crippen LogP contribution in [0.15, 0.2) is 34.5 Å². The molecule has 0 aromatic carbocycles. The summed E-state index contributed by atoms with van der Waals surface area (Å²) in [4.78, 5) is 55.5. The Bertz CT molecular complexity index is 1570. The summed E-state index contributed by atoms with van der Waals surface area (Å²) in [5, 5.41) is 31.0. The summed E-state index contributed by atoms with van der Waals surface area (Å²) in [7, 11) is 3.80. The van der Waals surface area contributed by atoms with Gasteiger partial charge < -0.3 is 49.0 Å². The van der Waals surface area contributed by atoms with Gasteiger partial charge in [0, 0.05) is 30.8 Å². The van der Waals surface area contributed by atoms with Gasteiger partial charge >= 0.3 is 5.97 Å². The number of aliphatic imine (C=N–C) groups is 1. The van der Waals surface area contributed by atoms with Crippen LogP contribution >= 0.6 is 0 Å². The molecule has 13 atom stereocenters. The number of oxime groups is 1. The van der Waals surface area contributed by atoms with E-state index in [4.69, 9.17) is 28.5 Å². The van der Waals surface area contributed by atoms with Gasteiger partial charge in [-0.2, -0.15) is 0 Å². The van der Waals surface area contributed by atoms with E-state index in [0.717, 1.165) is 0 Å². The number of nitrogens with zero attached hydrogens (tertiary/aromatic N) is 4. The van der Waals surface area contributed by atoms with Crippen molar-refractivity contribution in [3.05, 3.63) is 24.4 Å². The van der Waals surface area contributed by atoms with E-state index in [9.17, 15) is 24.6 Å². The van der Waals surface area contributed by atoms with Crippen molar-refractivity contribution in [1.29, 1.82) is 0 Å². The van der Waals surface area contributed by atoms with E-state index in [0.29, 0.717) is 24.4 Å². The van der Waals surface area contributed by atoms with Gasteiger partial charge in [0.2, 0.25) is 5.91 Å². The third kappa shape index (κ3) is 11.9. The number of amides is 2. The molecule has 0 saturated carbocycles. The van der Waals surface area contributed by atoms with E-state index in [-0.39, 0.29) is 43.9 Å². The van der Waals surface area contributed by atoms with Crippen LogP contribution in [0.4, 0.5) is 5.82 Å². The molecule has 3 aliphatic rings. The van der Waals surface area contributed by atoms with Crippen LogP contribution in [0, 0.1) is 23.7 Å². The minimum atomic E-state index is -1.77. The van der Waals surface area contributed by atoms with Gasteiger partial charge in [-0.25, -0.2) is 9.98 Å². The fourth-order valence-corrected chi connectivity index (χ4v) is 8.63. The average molecular weight is 804 g/mol. The summed E-state index contributed by atoms with van der Waals surface area (Å²) in [6.45, 7) is 15.2. The van der Waals surface area contributed by atoms with Crippen LogP contribution in [0.1, 0.15) is 88.0 Å². The molecule has 1 aromatic heterocycles. The van der Waals surface area contributed by atoms with Crippen LogP contribution in [-0.2, 0) is 42.9 Å². The maximum atomic E-state index is 13.8. The second-order valence-corrected chi connectivity index (χ2v) is 16.8. The lowest BCUT2D eigenvalue weighted by molar-refractivity contribution is -0.298. The molecule has 2 bridgehead atoms. The molecule has 0 radical (unpaired) electrons. The van der Waals surface area contributed by atoms with Gasteiger partial charge in [-0.05, 0) is 84.5 Å². The van der Waals surface area contributed by atoms with E-state index in [1.165, 1.54) is 6.92 Å². The topological polar surface area (TPSA) is 200 Å². The predicted molar refractivity (Wildman–Crippen MR) is 212 cm³/mol. The third-order valence-corrected chi connectivity index (χ3v) is 11.4. The molecule has 3 aliphatic heterocycles. The largest absolute Gasteiger partial charge is 0.459 e.